The molecule has 1 atom stereocenters. The molecule has 0 bridgehead atoms. The zero-order valence-electron chi connectivity index (χ0n) is 21.2. The van der Waals surface area contributed by atoms with E-state index >= 15 is 0 Å². The Morgan fingerprint density at radius 3 is 2.51 bits per heavy atom. The van der Waals surface area contributed by atoms with Gasteiger partial charge in [-0.2, -0.15) is 0 Å². The van der Waals surface area contributed by atoms with E-state index < -0.39 is 17.8 Å². The second-order valence-corrected chi connectivity index (χ2v) is 9.78. The van der Waals surface area contributed by atoms with Crippen LogP contribution in [0, 0.1) is 11.6 Å². The summed E-state index contributed by atoms with van der Waals surface area (Å²) in [5.41, 5.74) is 1.85. The fourth-order valence-corrected chi connectivity index (χ4v) is 5.43. The van der Waals surface area contributed by atoms with Crippen LogP contribution in [0.4, 0.5) is 8.78 Å². The lowest BCUT2D eigenvalue weighted by Crippen LogP contribution is -2.39. The normalized spacial score (nSPS) is 15.1. The van der Waals surface area contributed by atoms with Crippen molar-refractivity contribution in [2.24, 2.45) is 4.99 Å². The summed E-state index contributed by atoms with van der Waals surface area (Å²) >= 11 is 1.17. The molecule has 9 heteroatoms. The van der Waals surface area contributed by atoms with Crippen molar-refractivity contribution in [2.75, 3.05) is 6.61 Å². The van der Waals surface area contributed by atoms with Crippen LogP contribution in [-0.4, -0.2) is 17.1 Å². The van der Waals surface area contributed by atoms with Crippen molar-refractivity contribution in [1.29, 1.82) is 0 Å². The molecule has 1 aliphatic rings. The third-order valence-electron chi connectivity index (χ3n) is 6.25. The Hall–Kier alpha value is -4.37. The Kier molecular flexibility index (Phi) is 7.51. The molecule has 0 saturated heterocycles. The minimum atomic E-state index is -0.837. The van der Waals surface area contributed by atoms with Crippen LogP contribution in [0.2, 0.25) is 0 Å². The number of carbonyl (C=O) groups is 1. The molecule has 0 N–H and O–H groups in total. The number of fused-ring (bicyclic) bond motifs is 1. The highest BCUT2D eigenvalue weighted by molar-refractivity contribution is 7.07. The number of hydrogen-bond donors (Lipinski definition) is 0. The highest BCUT2D eigenvalue weighted by Crippen LogP contribution is 2.31. The van der Waals surface area contributed by atoms with Crippen LogP contribution in [-0.2, 0) is 16.1 Å². The molecule has 1 aliphatic heterocycles. The molecule has 1 aromatic heterocycles. The molecule has 0 aliphatic carbocycles. The van der Waals surface area contributed by atoms with Gasteiger partial charge < -0.3 is 9.47 Å². The summed E-state index contributed by atoms with van der Waals surface area (Å²) < 4.78 is 40.8. The zero-order chi connectivity index (χ0) is 27.5. The van der Waals surface area contributed by atoms with E-state index in [0.717, 1.165) is 0 Å². The molecular formula is C30H24F2N2O4S. The molecule has 3 aromatic carbocycles. The first-order valence-corrected chi connectivity index (χ1v) is 13.1. The number of thiazole rings is 1. The summed E-state index contributed by atoms with van der Waals surface area (Å²) in [6.45, 7) is 3.55. The van der Waals surface area contributed by atoms with Crippen molar-refractivity contribution < 1.29 is 23.0 Å². The van der Waals surface area contributed by atoms with Gasteiger partial charge in [-0.1, -0.05) is 59.9 Å². The van der Waals surface area contributed by atoms with Crippen molar-refractivity contribution in [3.8, 4) is 5.75 Å². The number of benzene rings is 3. The number of esters is 1. The van der Waals surface area contributed by atoms with Crippen LogP contribution < -0.4 is 19.6 Å². The molecule has 2 heterocycles. The summed E-state index contributed by atoms with van der Waals surface area (Å²) in [5.74, 6) is -0.910. The standard InChI is InChI=1S/C30H24F2N2O4S/c1-3-37-29(36)26-18(2)33-30-34(27(26)19-12-14-22(31)15-13-19)28(35)25(39-30)16-20-8-5-7-11-24(20)38-17-21-9-4-6-10-23(21)32/h4-16,27H,3,17H2,1-2H3/b25-16-/t27-/m1/s1. The first-order valence-electron chi connectivity index (χ1n) is 12.3. The molecule has 0 fully saturated rings. The summed E-state index contributed by atoms with van der Waals surface area (Å²) in [6, 6.07) is 18.3. The molecule has 4 aromatic rings. The number of carbonyl (C=O) groups excluding carboxylic acids is 1. The van der Waals surface area contributed by atoms with Gasteiger partial charge in [0.25, 0.3) is 5.56 Å². The van der Waals surface area contributed by atoms with Gasteiger partial charge in [0, 0.05) is 11.1 Å². The Balaban J connectivity index is 1.60. The maximum atomic E-state index is 14.1. The number of aromatic nitrogens is 1. The lowest BCUT2D eigenvalue weighted by atomic mass is 9.96. The summed E-state index contributed by atoms with van der Waals surface area (Å²) in [4.78, 5) is 31.7. The summed E-state index contributed by atoms with van der Waals surface area (Å²) in [7, 11) is 0. The highest BCUT2D eigenvalue weighted by atomic mass is 32.1. The molecule has 198 valence electrons. The quantitative estimate of drug-likeness (QED) is 0.317. The van der Waals surface area contributed by atoms with E-state index in [1.165, 1.54) is 34.1 Å². The Morgan fingerprint density at radius 1 is 1.05 bits per heavy atom. The molecule has 0 radical (unpaired) electrons. The van der Waals surface area contributed by atoms with E-state index in [-0.39, 0.29) is 30.2 Å². The van der Waals surface area contributed by atoms with Gasteiger partial charge in [-0.05, 0) is 49.8 Å². The van der Waals surface area contributed by atoms with Crippen molar-refractivity contribution in [3.05, 3.63) is 132 Å². The monoisotopic (exact) mass is 546 g/mol. The van der Waals surface area contributed by atoms with Gasteiger partial charge >= 0.3 is 5.97 Å². The molecule has 0 saturated carbocycles. The largest absolute Gasteiger partial charge is 0.488 e. The summed E-state index contributed by atoms with van der Waals surface area (Å²) in [5, 5.41) is 0. The lowest BCUT2D eigenvalue weighted by molar-refractivity contribution is -0.139. The minimum Gasteiger partial charge on any atom is -0.488 e. The molecule has 5 rings (SSSR count). The van der Waals surface area contributed by atoms with Gasteiger partial charge in [-0.3, -0.25) is 9.36 Å². The van der Waals surface area contributed by atoms with Crippen molar-refractivity contribution in [1.82, 2.24) is 4.57 Å². The highest BCUT2D eigenvalue weighted by Gasteiger charge is 2.33. The predicted octanol–water partition coefficient (Wildman–Crippen LogP) is 4.66. The van der Waals surface area contributed by atoms with Crippen LogP contribution in [0.5, 0.6) is 5.75 Å². The third-order valence-corrected chi connectivity index (χ3v) is 7.23. The van der Waals surface area contributed by atoms with Gasteiger partial charge in [0.05, 0.1) is 28.5 Å². The molecule has 6 nitrogen and oxygen atoms in total. The van der Waals surface area contributed by atoms with E-state index in [1.807, 2.05) is 6.07 Å². The number of nitrogens with zero attached hydrogens (tertiary/aromatic N) is 2. The summed E-state index contributed by atoms with van der Waals surface area (Å²) in [6.07, 6.45) is 1.69. The molecular weight excluding hydrogens is 522 g/mol. The maximum Gasteiger partial charge on any atom is 0.338 e. The fraction of sp³-hybridized carbons (Fsp3) is 0.167. The smallest absolute Gasteiger partial charge is 0.338 e. The van der Waals surface area contributed by atoms with Crippen LogP contribution in [0.15, 0.2) is 93.9 Å². The molecule has 0 amide bonds. The number of hydrogen-bond acceptors (Lipinski definition) is 6. The second-order valence-electron chi connectivity index (χ2n) is 8.77. The van der Waals surface area contributed by atoms with Gasteiger partial charge in [0.1, 0.15) is 24.0 Å². The van der Waals surface area contributed by atoms with Gasteiger partial charge in [-0.15, -0.1) is 0 Å². The van der Waals surface area contributed by atoms with E-state index in [2.05, 4.69) is 4.99 Å². The number of allylic oxidation sites excluding steroid dienone is 1. The number of rotatable bonds is 7. The Morgan fingerprint density at radius 2 is 1.77 bits per heavy atom. The molecule has 0 spiro atoms. The van der Waals surface area contributed by atoms with E-state index in [0.29, 0.717) is 37.5 Å². The van der Waals surface area contributed by atoms with Crippen molar-refractivity contribution in [2.45, 2.75) is 26.5 Å². The van der Waals surface area contributed by atoms with Crippen LogP contribution >= 0.6 is 11.3 Å². The van der Waals surface area contributed by atoms with Crippen LogP contribution in [0.1, 0.15) is 36.6 Å². The van der Waals surface area contributed by atoms with Crippen LogP contribution in [0.25, 0.3) is 6.08 Å². The number of para-hydroxylation sites is 1. The van der Waals surface area contributed by atoms with E-state index in [1.54, 1.807) is 68.5 Å². The third kappa shape index (κ3) is 5.31. The topological polar surface area (TPSA) is 69.9 Å². The Bertz CT molecular complexity index is 1760. The number of ether oxygens (including phenoxy) is 2. The second kappa shape index (κ2) is 11.2. The lowest BCUT2D eigenvalue weighted by Gasteiger charge is -2.24. The predicted molar refractivity (Wildman–Crippen MR) is 144 cm³/mol. The zero-order valence-corrected chi connectivity index (χ0v) is 22.0. The number of halogens is 2. The average Bonchev–Trinajstić information content (AvgIpc) is 3.23. The first kappa shape index (κ1) is 26.2. The van der Waals surface area contributed by atoms with Gasteiger partial charge in [0.15, 0.2) is 4.80 Å². The van der Waals surface area contributed by atoms with Gasteiger partial charge in [0.2, 0.25) is 0 Å². The van der Waals surface area contributed by atoms with Gasteiger partial charge in [-0.25, -0.2) is 18.6 Å². The Labute approximate surface area is 226 Å². The van der Waals surface area contributed by atoms with E-state index in [9.17, 15) is 18.4 Å². The first-order chi connectivity index (χ1) is 18.9. The van der Waals surface area contributed by atoms with Crippen LogP contribution in [0.3, 0.4) is 0 Å². The minimum absolute atomic E-state index is 0.0193. The SMILES string of the molecule is CCOC(=O)C1=C(C)N=c2s/c(=C\c3ccccc3OCc3ccccc3F)c(=O)n2[C@@H]1c1ccc(F)cc1. The van der Waals surface area contributed by atoms with E-state index in [4.69, 9.17) is 9.47 Å². The van der Waals surface area contributed by atoms with Crippen molar-refractivity contribution >= 4 is 23.4 Å². The average molecular weight is 547 g/mol. The fourth-order valence-electron chi connectivity index (χ4n) is 4.40. The maximum absolute atomic E-state index is 14.1. The molecule has 39 heavy (non-hydrogen) atoms. The molecule has 0 unspecified atom stereocenters. The van der Waals surface area contributed by atoms with Crippen molar-refractivity contribution in [3.63, 3.8) is 0 Å².